The monoisotopic (exact) mass is 278 g/mol. The lowest BCUT2D eigenvalue weighted by Crippen LogP contribution is -2.40. The second-order valence-corrected chi connectivity index (χ2v) is 5.24. The first-order chi connectivity index (χ1) is 9.56. The molecule has 2 rings (SSSR count). The Morgan fingerprint density at radius 2 is 2.35 bits per heavy atom. The van der Waals surface area contributed by atoms with E-state index in [4.69, 9.17) is 15.2 Å². The van der Waals surface area contributed by atoms with Gasteiger partial charge in [0.25, 0.3) is 5.91 Å². The zero-order valence-corrected chi connectivity index (χ0v) is 12.1. The third kappa shape index (κ3) is 3.22. The molecule has 1 aliphatic heterocycles. The van der Waals surface area contributed by atoms with Crippen LogP contribution in [0.15, 0.2) is 18.2 Å². The van der Waals surface area contributed by atoms with Crippen molar-refractivity contribution in [1.82, 2.24) is 5.32 Å². The molecular formula is C15H22N2O3. The number of nitrogens with two attached hydrogens (primary N) is 1. The average molecular weight is 278 g/mol. The summed E-state index contributed by atoms with van der Waals surface area (Å²) < 4.78 is 11.1. The van der Waals surface area contributed by atoms with E-state index < -0.39 is 0 Å². The van der Waals surface area contributed by atoms with Crippen molar-refractivity contribution in [1.29, 1.82) is 0 Å². The highest BCUT2D eigenvalue weighted by Gasteiger charge is 2.30. The summed E-state index contributed by atoms with van der Waals surface area (Å²) in [5, 5.41) is 2.91. The molecule has 1 heterocycles. The molecule has 20 heavy (non-hydrogen) atoms. The molecule has 0 bridgehead atoms. The number of carbonyl (C=O) groups excluding carboxylic acids is 1. The van der Waals surface area contributed by atoms with Gasteiger partial charge < -0.3 is 20.5 Å². The maximum atomic E-state index is 12.3. The number of nitrogen functional groups attached to an aromatic ring is 1. The van der Waals surface area contributed by atoms with Crippen LogP contribution in [0.5, 0.6) is 5.75 Å². The van der Waals surface area contributed by atoms with E-state index >= 15 is 0 Å². The number of anilines is 1. The normalized spacial score (nSPS) is 21.7. The number of hydrogen-bond donors (Lipinski definition) is 2. The molecule has 110 valence electrons. The fraction of sp³-hybridized carbons (Fsp3) is 0.533. The maximum Gasteiger partial charge on any atom is 0.255 e. The van der Waals surface area contributed by atoms with E-state index in [9.17, 15) is 4.79 Å². The Hall–Kier alpha value is -1.75. The van der Waals surface area contributed by atoms with Crippen LogP contribution in [0.4, 0.5) is 5.69 Å². The summed E-state index contributed by atoms with van der Waals surface area (Å²) in [6, 6.07) is 5.19. The van der Waals surface area contributed by atoms with Gasteiger partial charge >= 0.3 is 0 Å². The lowest BCUT2D eigenvalue weighted by Gasteiger charge is -2.23. The first-order valence-corrected chi connectivity index (χ1v) is 6.99. The molecule has 1 fully saturated rings. The summed E-state index contributed by atoms with van der Waals surface area (Å²) in [5.41, 5.74) is 6.54. The standard InChI is InChI=1S/C15H22N2O3/c1-3-19-13-11(6-4-7-12(13)16)14(18)17-10-15(2)8-5-9-20-15/h4,6-7H,3,5,8-10,16H2,1-2H3,(H,17,18). The quantitative estimate of drug-likeness (QED) is 0.808. The van der Waals surface area contributed by atoms with Crippen LogP contribution in [0.3, 0.4) is 0 Å². The van der Waals surface area contributed by atoms with Crippen LogP contribution in [0.2, 0.25) is 0 Å². The van der Waals surface area contributed by atoms with Crippen molar-refractivity contribution < 1.29 is 14.3 Å². The first-order valence-electron chi connectivity index (χ1n) is 6.99. The van der Waals surface area contributed by atoms with Gasteiger partial charge in [0.15, 0.2) is 5.75 Å². The van der Waals surface area contributed by atoms with Gasteiger partial charge in [-0.1, -0.05) is 6.07 Å². The van der Waals surface area contributed by atoms with Gasteiger partial charge in [-0.2, -0.15) is 0 Å². The van der Waals surface area contributed by atoms with Crippen molar-refractivity contribution in [3.63, 3.8) is 0 Å². The molecule has 0 aliphatic carbocycles. The van der Waals surface area contributed by atoms with Crippen molar-refractivity contribution in [3.05, 3.63) is 23.8 Å². The highest BCUT2D eigenvalue weighted by Crippen LogP contribution is 2.27. The molecule has 1 amide bonds. The summed E-state index contributed by atoms with van der Waals surface area (Å²) in [6.07, 6.45) is 2.00. The topological polar surface area (TPSA) is 73.6 Å². The number of nitrogens with one attached hydrogen (secondary N) is 1. The van der Waals surface area contributed by atoms with Gasteiger partial charge in [0, 0.05) is 13.2 Å². The number of benzene rings is 1. The van der Waals surface area contributed by atoms with E-state index in [0.29, 0.717) is 30.2 Å². The van der Waals surface area contributed by atoms with Crippen molar-refractivity contribution in [2.75, 3.05) is 25.5 Å². The fourth-order valence-electron chi connectivity index (χ4n) is 2.38. The van der Waals surface area contributed by atoms with Crippen LogP contribution in [0.1, 0.15) is 37.0 Å². The lowest BCUT2D eigenvalue weighted by atomic mass is 10.0. The first kappa shape index (κ1) is 14.7. The van der Waals surface area contributed by atoms with Gasteiger partial charge in [-0.15, -0.1) is 0 Å². The van der Waals surface area contributed by atoms with Crippen molar-refractivity contribution in [2.24, 2.45) is 0 Å². The highest BCUT2D eigenvalue weighted by atomic mass is 16.5. The molecule has 0 saturated carbocycles. The average Bonchev–Trinajstić information content (AvgIpc) is 2.86. The zero-order chi connectivity index (χ0) is 14.6. The molecule has 1 saturated heterocycles. The molecule has 1 aliphatic rings. The van der Waals surface area contributed by atoms with Crippen molar-refractivity contribution >= 4 is 11.6 Å². The van der Waals surface area contributed by atoms with Gasteiger partial charge in [0.2, 0.25) is 0 Å². The minimum Gasteiger partial charge on any atom is -0.491 e. The molecule has 1 atom stereocenters. The Balaban J connectivity index is 2.07. The molecule has 0 aromatic heterocycles. The highest BCUT2D eigenvalue weighted by molar-refractivity contribution is 5.98. The third-order valence-corrected chi connectivity index (χ3v) is 3.50. The summed E-state index contributed by atoms with van der Waals surface area (Å²) >= 11 is 0. The Labute approximate surface area is 119 Å². The van der Waals surface area contributed by atoms with E-state index in [0.717, 1.165) is 19.4 Å². The van der Waals surface area contributed by atoms with Crippen molar-refractivity contribution in [3.8, 4) is 5.75 Å². The zero-order valence-electron chi connectivity index (χ0n) is 12.1. The van der Waals surface area contributed by atoms with Gasteiger partial charge in [-0.3, -0.25) is 4.79 Å². The molecule has 5 nitrogen and oxygen atoms in total. The van der Waals surface area contributed by atoms with Gasteiger partial charge in [0.1, 0.15) is 0 Å². The van der Waals surface area contributed by atoms with Crippen LogP contribution in [-0.4, -0.2) is 31.3 Å². The Bertz CT molecular complexity index is 482. The summed E-state index contributed by atoms with van der Waals surface area (Å²) in [5.74, 6) is 0.266. The second-order valence-electron chi connectivity index (χ2n) is 5.24. The number of para-hydroxylation sites is 1. The summed E-state index contributed by atoms with van der Waals surface area (Å²) in [4.78, 5) is 12.3. The number of carbonyl (C=O) groups is 1. The summed E-state index contributed by atoms with van der Waals surface area (Å²) in [6.45, 7) is 5.60. The molecule has 5 heteroatoms. The Kier molecular flexibility index (Phi) is 4.49. The molecule has 1 unspecified atom stereocenters. The van der Waals surface area contributed by atoms with Gasteiger partial charge in [-0.25, -0.2) is 0 Å². The number of rotatable bonds is 5. The molecular weight excluding hydrogens is 256 g/mol. The van der Waals surface area contributed by atoms with Gasteiger partial charge in [0.05, 0.1) is 23.5 Å². The van der Waals surface area contributed by atoms with Crippen LogP contribution in [0.25, 0.3) is 0 Å². The van der Waals surface area contributed by atoms with Crippen LogP contribution in [0, 0.1) is 0 Å². The molecule has 0 radical (unpaired) electrons. The van der Waals surface area contributed by atoms with E-state index in [1.165, 1.54) is 0 Å². The molecule has 1 aromatic rings. The minimum atomic E-state index is -0.262. The molecule has 0 spiro atoms. The lowest BCUT2D eigenvalue weighted by molar-refractivity contribution is 0.0205. The van der Waals surface area contributed by atoms with Crippen LogP contribution in [-0.2, 0) is 4.74 Å². The maximum absolute atomic E-state index is 12.3. The summed E-state index contributed by atoms with van der Waals surface area (Å²) in [7, 11) is 0. The third-order valence-electron chi connectivity index (χ3n) is 3.50. The smallest absolute Gasteiger partial charge is 0.255 e. The predicted octanol–water partition coefficient (Wildman–Crippen LogP) is 1.97. The van der Waals surface area contributed by atoms with Gasteiger partial charge in [-0.05, 0) is 38.8 Å². The molecule has 1 aromatic carbocycles. The SMILES string of the molecule is CCOc1c(N)cccc1C(=O)NCC1(C)CCCO1. The Morgan fingerprint density at radius 3 is 3.00 bits per heavy atom. The van der Waals surface area contributed by atoms with Crippen molar-refractivity contribution in [2.45, 2.75) is 32.3 Å². The second kappa shape index (κ2) is 6.13. The van der Waals surface area contributed by atoms with E-state index in [-0.39, 0.29) is 11.5 Å². The largest absolute Gasteiger partial charge is 0.491 e. The van der Waals surface area contributed by atoms with Crippen LogP contribution < -0.4 is 15.8 Å². The van der Waals surface area contributed by atoms with Crippen LogP contribution >= 0.6 is 0 Å². The van der Waals surface area contributed by atoms with E-state index in [2.05, 4.69) is 5.32 Å². The van der Waals surface area contributed by atoms with E-state index in [1.807, 2.05) is 13.8 Å². The Morgan fingerprint density at radius 1 is 1.55 bits per heavy atom. The minimum absolute atomic E-state index is 0.183. The predicted molar refractivity (Wildman–Crippen MR) is 77.9 cm³/mol. The van der Waals surface area contributed by atoms with E-state index in [1.54, 1.807) is 18.2 Å². The number of amides is 1. The molecule has 3 N–H and O–H groups in total. The number of ether oxygens (including phenoxy) is 2. The fourth-order valence-corrected chi connectivity index (χ4v) is 2.38. The number of hydrogen-bond acceptors (Lipinski definition) is 4.